The molecule has 0 spiro atoms. The van der Waals surface area contributed by atoms with Crippen molar-refractivity contribution < 1.29 is 13.9 Å². The zero-order chi connectivity index (χ0) is 22.1. The van der Waals surface area contributed by atoms with Crippen molar-refractivity contribution in [1.29, 1.82) is 0 Å². The van der Waals surface area contributed by atoms with Crippen LogP contribution in [0.15, 0.2) is 30.5 Å². The van der Waals surface area contributed by atoms with Crippen LogP contribution in [-0.4, -0.2) is 54.7 Å². The molecule has 8 heteroatoms. The van der Waals surface area contributed by atoms with Crippen molar-refractivity contribution >= 4 is 22.4 Å². The first kappa shape index (κ1) is 21.4. The van der Waals surface area contributed by atoms with Crippen LogP contribution in [0.4, 0.5) is 15.9 Å². The number of fused-ring (bicyclic) bond motifs is 1. The third-order valence-electron chi connectivity index (χ3n) is 6.00. The molecule has 3 atom stereocenters. The fourth-order valence-electron chi connectivity index (χ4n) is 4.12. The van der Waals surface area contributed by atoms with Crippen LogP contribution in [0.2, 0.25) is 0 Å². The van der Waals surface area contributed by atoms with Gasteiger partial charge < -0.3 is 19.7 Å². The van der Waals surface area contributed by atoms with Crippen molar-refractivity contribution in [3.63, 3.8) is 0 Å². The molecule has 1 N–H and O–H groups in total. The first-order valence-electron chi connectivity index (χ1n) is 10.4. The van der Waals surface area contributed by atoms with Gasteiger partial charge in [0.2, 0.25) is 0 Å². The van der Waals surface area contributed by atoms with E-state index in [1.165, 1.54) is 0 Å². The summed E-state index contributed by atoms with van der Waals surface area (Å²) >= 11 is 0. The summed E-state index contributed by atoms with van der Waals surface area (Å²) < 4.78 is 25.7. The summed E-state index contributed by atoms with van der Waals surface area (Å²) in [5.74, 6) is 0.369. The fraction of sp³-hybridized carbons (Fsp3) is 0.435. The van der Waals surface area contributed by atoms with Crippen molar-refractivity contribution in [2.75, 3.05) is 37.5 Å². The van der Waals surface area contributed by atoms with Gasteiger partial charge in [0.1, 0.15) is 18.0 Å². The Kier molecular flexibility index (Phi) is 6.02. The molecular weight excluding hydrogens is 397 g/mol. The minimum Gasteiger partial charge on any atom is -0.377 e. The molecule has 164 valence electrons. The Morgan fingerprint density at radius 1 is 1.13 bits per heavy atom. The number of aryl methyl sites for hydroxylation is 2. The number of pyridine rings is 1. The van der Waals surface area contributed by atoms with Crippen LogP contribution in [0.5, 0.6) is 0 Å². The molecule has 7 nitrogen and oxygen atoms in total. The monoisotopic (exact) mass is 425 g/mol. The second-order valence-electron chi connectivity index (χ2n) is 8.02. The van der Waals surface area contributed by atoms with Crippen LogP contribution in [0.3, 0.4) is 0 Å². The Morgan fingerprint density at radius 2 is 1.84 bits per heavy atom. The summed E-state index contributed by atoms with van der Waals surface area (Å²) in [6.07, 6.45) is 1.84. The number of methoxy groups -OCH3 is 2. The lowest BCUT2D eigenvalue weighted by Crippen LogP contribution is -2.27. The summed E-state index contributed by atoms with van der Waals surface area (Å²) in [4.78, 5) is 6.85. The maximum atomic E-state index is 14.6. The van der Waals surface area contributed by atoms with E-state index in [0.29, 0.717) is 30.0 Å². The average Bonchev–Trinajstić information content (AvgIpc) is 3.21. The summed E-state index contributed by atoms with van der Waals surface area (Å²) in [6, 6.07) is 7.17. The van der Waals surface area contributed by atoms with Crippen LogP contribution >= 0.6 is 0 Å². The minimum atomic E-state index is -0.286. The van der Waals surface area contributed by atoms with Gasteiger partial charge >= 0.3 is 0 Å². The first-order valence-corrected chi connectivity index (χ1v) is 10.4. The molecule has 0 amide bonds. The molecule has 1 aliphatic heterocycles. The molecule has 1 aromatic carbocycles. The topological polar surface area (TPSA) is 72.4 Å². The fourth-order valence-corrected chi connectivity index (χ4v) is 4.12. The molecule has 0 saturated carbocycles. The highest BCUT2D eigenvalue weighted by atomic mass is 19.1. The van der Waals surface area contributed by atoms with E-state index >= 15 is 0 Å². The molecule has 1 aliphatic rings. The minimum absolute atomic E-state index is 0.0000822. The van der Waals surface area contributed by atoms with Gasteiger partial charge in [-0.3, -0.25) is 4.98 Å². The highest BCUT2D eigenvalue weighted by molar-refractivity contribution is 5.92. The predicted octanol–water partition coefficient (Wildman–Crippen LogP) is 3.80. The van der Waals surface area contributed by atoms with E-state index in [0.717, 1.165) is 22.3 Å². The van der Waals surface area contributed by atoms with E-state index in [1.54, 1.807) is 33.3 Å². The Bertz CT molecular complexity index is 1080. The number of anilines is 2. The molecule has 1 saturated heterocycles. The van der Waals surface area contributed by atoms with E-state index in [4.69, 9.17) is 9.47 Å². The maximum Gasteiger partial charge on any atom is 0.158 e. The van der Waals surface area contributed by atoms with Gasteiger partial charge in [0.05, 0.1) is 29.1 Å². The molecule has 3 heterocycles. The summed E-state index contributed by atoms with van der Waals surface area (Å²) in [5, 5.41) is 12.8. The quantitative estimate of drug-likeness (QED) is 0.644. The first-order chi connectivity index (χ1) is 14.9. The van der Waals surface area contributed by atoms with Crippen LogP contribution in [0, 0.1) is 19.7 Å². The molecule has 2 aromatic heterocycles. The number of hydrogen-bond acceptors (Lipinski definition) is 7. The second-order valence-corrected chi connectivity index (χ2v) is 8.02. The van der Waals surface area contributed by atoms with Crippen molar-refractivity contribution in [2.45, 2.75) is 39.0 Å². The Labute approximate surface area is 181 Å². The highest BCUT2D eigenvalue weighted by Crippen LogP contribution is 2.31. The van der Waals surface area contributed by atoms with E-state index < -0.39 is 0 Å². The van der Waals surface area contributed by atoms with Gasteiger partial charge in [0, 0.05) is 38.3 Å². The number of ether oxygens (including phenoxy) is 2. The highest BCUT2D eigenvalue weighted by Gasteiger charge is 2.33. The Hall–Kier alpha value is -2.84. The number of aromatic nitrogens is 3. The van der Waals surface area contributed by atoms with Crippen LogP contribution in [-0.2, 0) is 9.47 Å². The van der Waals surface area contributed by atoms with Crippen molar-refractivity contribution in [3.8, 4) is 0 Å². The Morgan fingerprint density at radius 3 is 2.52 bits per heavy atom. The molecule has 0 radical (unpaired) electrons. The van der Waals surface area contributed by atoms with E-state index in [2.05, 4.69) is 31.5 Å². The molecule has 0 bridgehead atoms. The molecule has 1 fully saturated rings. The lowest BCUT2D eigenvalue weighted by atomic mass is 10.0. The smallest absolute Gasteiger partial charge is 0.158 e. The number of benzene rings is 1. The third-order valence-corrected chi connectivity index (χ3v) is 6.00. The maximum absolute atomic E-state index is 14.6. The normalized spacial score (nSPS) is 19.7. The number of rotatable bonds is 6. The van der Waals surface area contributed by atoms with Gasteiger partial charge in [0.25, 0.3) is 0 Å². The SMILES string of the molecule is CO[C@H]1CN(c2cnc3c(C)nnc(N[C@H](C)c4cccc(C)c4F)c3c2)C[C@H]1OC. The number of hydrogen-bond donors (Lipinski definition) is 1. The van der Waals surface area contributed by atoms with Crippen molar-refractivity contribution in [2.24, 2.45) is 0 Å². The molecule has 3 aromatic rings. The molecule has 0 unspecified atom stereocenters. The largest absolute Gasteiger partial charge is 0.377 e. The summed E-state index contributed by atoms with van der Waals surface area (Å²) in [5.41, 5.74) is 3.67. The third kappa shape index (κ3) is 4.05. The second kappa shape index (κ2) is 8.72. The average molecular weight is 426 g/mol. The van der Waals surface area contributed by atoms with Crippen LogP contribution in [0.25, 0.3) is 10.9 Å². The number of nitrogens with zero attached hydrogens (tertiary/aromatic N) is 4. The zero-order valence-corrected chi connectivity index (χ0v) is 18.5. The predicted molar refractivity (Wildman–Crippen MR) is 119 cm³/mol. The summed E-state index contributed by atoms with van der Waals surface area (Å²) in [7, 11) is 3.40. The van der Waals surface area contributed by atoms with Gasteiger partial charge in [-0.15, -0.1) is 5.10 Å². The van der Waals surface area contributed by atoms with Crippen molar-refractivity contribution in [3.05, 3.63) is 53.1 Å². The molecule has 4 rings (SSSR count). The van der Waals surface area contributed by atoms with Gasteiger partial charge in [-0.1, -0.05) is 18.2 Å². The Balaban J connectivity index is 1.69. The standard InChI is InChI=1S/C23H28FN5O2/c1-13-7-6-8-17(21(13)24)14(2)26-23-18-9-16(10-25-22(18)15(3)27-28-23)29-11-19(30-4)20(12-29)31-5/h6-10,14,19-20H,11-12H2,1-5H3,(H,26,28)/t14-,19-,20+/m1/s1. The van der Waals surface area contributed by atoms with Gasteiger partial charge in [-0.2, -0.15) is 5.10 Å². The molecular formula is C23H28FN5O2. The number of halogens is 1. The van der Waals surface area contributed by atoms with Gasteiger partial charge in [-0.05, 0) is 32.4 Å². The molecule has 31 heavy (non-hydrogen) atoms. The zero-order valence-electron chi connectivity index (χ0n) is 18.5. The van der Waals surface area contributed by atoms with E-state index in [1.807, 2.05) is 26.1 Å². The van der Waals surface area contributed by atoms with Crippen LogP contribution in [0.1, 0.15) is 29.8 Å². The van der Waals surface area contributed by atoms with E-state index in [9.17, 15) is 4.39 Å². The van der Waals surface area contributed by atoms with Crippen molar-refractivity contribution in [1.82, 2.24) is 15.2 Å². The van der Waals surface area contributed by atoms with Gasteiger partial charge in [-0.25, -0.2) is 4.39 Å². The van der Waals surface area contributed by atoms with E-state index in [-0.39, 0.29) is 24.1 Å². The van der Waals surface area contributed by atoms with Gasteiger partial charge in [0.15, 0.2) is 5.82 Å². The lowest BCUT2D eigenvalue weighted by molar-refractivity contribution is -0.00461. The molecule has 0 aliphatic carbocycles. The van der Waals surface area contributed by atoms with Crippen LogP contribution < -0.4 is 10.2 Å². The lowest BCUT2D eigenvalue weighted by Gasteiger charge is -2.20. The summed E-state index contributed by atoms with van der Waals surface area (Å²) in [6.45, 7) is 6.99. The number of nitrogens with one attached hydrogen (secondary N) is 1.